The van der Waals surface area contributed by atoms with Gasteiger partial charge in [-0.25, -0.2) is 18.4 Å². The number of thioether (sulfide) groups is 1. The normalized spacial score (nSPS) is 18.4. The molecule has 0 N–H and O–H groups in total. The molecule has 1 aromatic carbocycles. The van der Waals surface area contributed by atoms with Crippen LogP contribution in [0.3, 0.4) is 0 Å². The highest BCUT2D eigenvalue weighted by molar-refractivity contribution is 7.98. The molecule has 5 nitrogen and oxygen atoms in total. The third-order valence-electron chi connectivity index (χ3n) is 5.33. The maximum absolute atomic E-state index is 12.0. The lowest BCUT2D eigenvalue weighted by atomic mass is 10.1. The molecule has 9 heteroatoms. The van der Waals surface area contributed by atoms with Gasteiger partial charge in [-0.2, -0.15) is 0 Å². The number of hydrogen-bond donors (Lipinski definition) is 0. The molecule has 1 aliphatic heterocycles. The fraction of sp³-hybridized carbons (Fsp3) is 0.400. The first-order valence-electron chi connectivity index (χ1n) is 9.32. The summed E-state index contributed by atoms with van der Waals surface area (Å²) in [5.41, 5.74) is 1.17. The highest BCUT2D eigenvalue weighted by Gasteiger charge is 2.32. The molecule has 3 aromatic rings. The molecule has 1 atom stereocenters. The van der Waals surface area contributed by atoms with Gasteiger partial charge >= 0.3 is 0 Å². The molecule has 0 bridgehead atoms. The summed E-state index contributed by atoms with van der Waals surface area (Å²) in [5, 5.41) is 1.76. The van der Waals surface area contributed by atoms with Crippen molar-refractivity contribution in [2.75, 3.05) is 23.5 Å². The van der Waals surface area contributed by atoms with Crippen LogP contribution in [-0.4, -0.2) is 43.0 Å². The molecule has 2 aromatic heterocycles. The molecule has 4 rings (SSSR count). The van der Waals surface area contributed by atoms with Crippen molar-refractivity contribution < 1.29 is 8.42 Å². The number of hydrogen-bond acceptors (Lipinski definition) is 7. The van der Waals surface area contributed by atoms with Gasteiger partial charge in [0, 0.05) is 27.9 Å². The number of aryl methyl sites for hydroxylation is 2. The smallest absolute Gasteiger partial charge is 0.152 e. The lowest BCUT2D eigenvalue weighted by Gasteiger charge is -2.25. The third-order valence-corrected chi connectivity index (χ3v) is 9.44. The van der Waals surface area contributed by atoms with E-state index < -0.39 is 9.84 Å². The van der Waals surface area contributed by atoms with Crippen LogP contribution in [0.15, 0.2) is 29.2 Å². The summed E-state index contributed by atoms with van der Waals surface area (Å²) >= 11 is 9.30. The molecule has 0 aliphatic carbocycles. The fourth-order valence-electron chi connectivity index (χ4n) is 3.52. The first kappa shape index (κ1) is 20.9. The lowest BCUT2D eigenvalue weighted by molar-refractivity contribution is 0.600. The second kappa shape index (κ2) is 8.06. The van der Waals surface area contributed by atoms with Crippen LogP contribution < -0.4 is 4.90 Å². The van der Waals surface area contributed by atoms with Crippen molar-refractivity contribution in [3.05, 3.63) is 45.6 Å². The van der Waals surface area contributed by atoms with Gasteiger partial charge in [-0.15, -0.1) is 23.1 Å². The van der Waals surface area contributed by atoms with Crippen molar-refractivity contribution in [1.82, 2.24) is 9.97 Å². The Morgan fingerprint density at radius 1 is 1.24 bits per heavy atom. The van der Waals surface area contributed by atoms with E-state index in [1.54, 1.807) is 23.1 Å². The first-order chi connectivity index (χ1) is 13.7. The highest BCUT2D eigenvalue weighted by atomic mass is 35.5. The van der Waals surface area contributed by atoms with Crippen molar-refractivity contribution in [2.45, 2.75) is 37.0 Å². The lowest BCUT2D eigenvalue weighted by Crippen LogP contribution is -2.33. The number of rotatable bonds is 5. The van der Waals surface area contributed by atoms with E-state index in [0.717, 1.165) is 26.8 Å². The fourth-order valence-corrected chi connectivity index (χ4v) is 7.22. The summed E-state index contributed by atoms with van der Waals surface area (Å²) in [6.45, 7) is 4.18. The molecule has 29 heavy (non-hydrogen) atoms. The Balaban J connectivity index is 1.68. The Bertz CT molecular complexity index is 1160. The van der Waals surface area contributed by atoms with Crippen molar-refractivity contribution in [3.8, 4) is 0 Å². The van der Waals surface area contributed by atoms with Gasteiger partial charge in [0.2, 0.25) is 0 Å². The molecule has 1 unspecified atom stereocenters. The number of benzene rings is 1. The van der Waals surface area contributed by atoms with Crippen LogP contribution in [0.2, 0.25) is 5.02 Å². The molecule has 0 radical (unpaired) electrons. The molecule has 0 amide bonds. The summed E-state index contributed by atoms with van der Waals surface area (Å²) in [6.07, 6.45) is 0.640. The summed E-state index contributed by atoms with van der Waals surface area (Å²) in [4.78, 5) is 15.0. The van der Waals surface area contributed by atoms with Gasteiger partial charge in [-0.05, 0) is 50.1 Å². The largest absolute Gasteiger partial charge is 0.355 e. The average molecular weight is 468 g/mol. The molecule has 3 heterocycles. The minimum atomic E-state index is -2.96. The number of aromatic nitrogens is 2. The number of halogens is 1. The van der Waals surface area contributed by atoms with Gasteiger partial charge in [0.25, 0.3) is 0 Å². The van der Waals surface area contributed by atoms with Gasteiger partial charge in [0.1, 0.15) is 16.5 Å². The Kier molecular flexibility index (Phi) is 5.81. The van der Waals surface area contributed by atoms with Crippen LogP contribution in [0, 0.1) is 13.8 Å². The van der Waals surface area contributed by atoms with E-state index in [1.165, 1.54) is 10.4 Å². The second-order valence-corrected chi connectivity index (χ2v) is 12.3. The molecule has 1 aliphatic rings. The Hall–Kier alpha value is -1.35. The molecular formula is C20H22ClN3O2S3. The highest BCUT2D eigenvalue weighted by Crippen LogP contribution is 2.37. The zero-order valence-electron chi connectivity index (χ0n) is 16.5. The summed E-state index contributed by atoms with van der Waals surface area (Å²) < 4.78 is 24.0. The monoisotopic (exact) mass is 467 g/mol. The quantitative estimate of drug-likeness (QED) is 0.498. The zero-order valence-corrected chi connectivity index (χ0v) is 19.7. The molecular weight excluding hydrogens is 446 g/mol. The average Bonchev–Trinajstić information content (AvgIpc) is 3.19. The summed E-state index contributed by atoms with van der Waals surface area (Å²) in [7, 11) is -1.01. The first-order valence-corrected chi connectivity index (χ1v) is 13.3. The van der Waals surface area contributed by atoms with Crippen molar-refractivity contribution >= 4 is 60.6 Å². The van der Waals surface area contributed by atoms with Crippen molar-refractivity contribution in [1.29, 1.82) is 0 Å². The van der Waals surface area contributed by atoms with E-state index in [-0.39, 0.29) is 17.5 Å². The predicted molar refractivity (Wildman–Crippen MR) is 123 cm³/mol. The Morgan fingerprint density at radius 2 is 1.97 bits per heavy atom. The Labute approximate surface area is 184 Å². The van der Waals surface area contributed by atoms with Gasteiger partial charge in [0.15, 0.2) is 9.84 Å². The maximum Gasteiger partial charge on any atom is 0.152 e. The molecule has 0 saturated carbocycles. The second-order valence-electron chi connectivity index (χ2n) is 7.34. The molecule has 1 saturated heterocycles. The minimum absolute atomic E-state index is 0.0468. The van der Waals surface area contributed by atoms with Crippen LogP contribution in [-0.2, 0) is 15.6 Å². The van der Waals surface area contributed by atoms with E-state index >= 15 is 0 Å². The van der Waals surface area contributed by atoms with Gasteiger partial charge in [-0.1, -0.05) is 11.6 Å². The van der Waals surface area contributed by atoms with E-state index in [1.807, 2.05) is 36.2 Å². The summed E-state index contributed by atoms with van der Waals surface area (Å²) in [5.74, 6) is 2.66. The molecule has 0 spiro atoms. The number of sulfone groups is 1. The predicted octanol–water partition coefficient (Wildman–Crippen LogP) is 4.88. The van der Waals surface area contributed by atoms with Crippen LogP contribution in [0.1, 0.15) is 22.7 Å². The zero-order chi connectivity index (χ0) is 20.8. The summed E-state index contributed by atoms with van der Waals surface area (Å²) in [6, 6.07) is 7.68. The van der Waals surface area contributed by atoms with Gasteiger partial charge in [-0.3, -0.25) is 0 Å². The van der Waals surface area contributed by atoms with Crippen LogP contribution in [0.4, 0.5) is 5.82 Å². The molecule has 1 fully saturated rings. The van der Waals surface area contributed by atoms with E-state index in [2.05, 4.69) is 13.8 Å². The number of nitrogens with zero attached hydrogens (tertiary/aromatic N) is 3. The van der Waals surface area contributed by atoms with Crippen LogP contribution in [0.25, 0.3) is 10.2 Å². The van der Waals surface area contributed by atoms with Crippen molar-refractivity contribution in [2.24, 2.45) is 0 Å². The van der Waals surface area contributed by atoms with E-state index in [0.29, 0.717) is 17.2 Å². The number of thiophene rings is 1. The number of anilines is 1. The standard InChI is InChI=1S/C20H22ClN3O2S3/c1-12-13(2)28-20-18(12)19(24(3)15-8-9-29(25,26)11-15)22-17(23-20)10-27-16-6-4-14(21)5-7-16/h4-7,15H,8-11H2,1-3H3. The van der Waals surface area contributed by atoms with Crippen molar-refractivity contribution in [3.63, 3.8) is 0 Å². The minimum Gasteiger partial charge on any atom is -0.355 e. The van der Waals surface area contributed by atoms with Gasteiger partial charge < -0.3 is 4.90 Å². The Morgan fingerprint density at radius 3 is 2.62 bits per heavy atom. The maximum atomic E-state index is 12.0. The van der Waals surface area contributed by atoms with Crippen LogP contribution >= 0.6 is 34.7 Å². The van der Waals surface area contributed by atoms with E-state index in [9.17, 15) is 8.42 Å². The molecule has 154 valence electrons. The number of fused-ring (bicyclic) bond motifs is 1. The van der Waals surface area contributed by atoms with E-state index in [4.69, 9.17) is 21.6 Å². The topological polar surface area (TPSA) is 63.2 Å². The van der Waals surface area contributed by atoms with Gasteiger partial charge in [0.05, 0.1) is 22.6 Å². The third kappa shape index (κ3) is 4.40. The van der Waals surface area contributed by atoms with Crippen LogP contribution in [0.5, 0.6) is 0 Å². The SMILES string of the molecule is Cc1sc2nc(CSc3ccc(Cl)cc3)nc(N(C)C3CCS(=O)(=O)C3)c2c1C.